The predicted octanol–water partition coefficient (Wildman–Crippen LogP) is 4.07. The summed E-state index contributed by atoms with van der Waals surface area (Å²) < 4.78 is 10.7. The highest BCUT2D eigenvalue weighted by Crippen LogP contribution is 2.33. The number of ether oxygens (including phenoxy) is 2. The van der Waals surface area contributed by atoms with Crippen LogP contribution in [0.1, 0.15) is 33.5 Å². The number of hydrogen-bond acceptors (Lipinski definition) is 4. The van der Waals surface area contributed by atoms with Crippen molar-refractivity contribution in [2.45, 2.75) is 6.42 Å². The summed E-state index contributed by atoms with van der Waals surface area (Å²) in [7, 11) is 0. The van der Waals surface area contributed by atoms with E-state index in [9.17, 15) is 4.79 Å². The average molecular weight is 394 g/mol. The molecule has 3 aromatic rings. The minimum atomic E-state index is -0.150. The largest absolute Gasteiger partial charge is 0.454 e. The summed E-state index contributed by atoms with van der Waals surface area (Å²) in [6.07, 6.45) is 0.700. The minimum Gasteiger partial charge on any atom is -0.454 e. The highest BCUT2D eigenvalue weighted by molar-refractivity contribution is 6.04. The van der Waals surface area contributed by atoms with Crippen LogP contribution in [0.3, 0.4) is 0 Å². The molecule has 0 saturated heterocycles. The van der Waals surface area contributed by atoms with Gasteiger partial charge in [0.15, 0.2) is 11.5 Å². The summed E-state index contributed by atoms with van der Waals surface area (Å²) in [5, 5.41) is 6.08. The van der Waals surface area contributed by atoms with Crippen molar-refractivity contribution in [2.75, 3.05) is 13.3 Å². The SMILES string of the molecule is O=C(c1ccc2c(c1)OCO2)N1CCC(c2cccc(C#Cc3ccccc3)c2)=N1. The Kier molecular flexibility index (Phi) is 4.66. The number of hydrazone groups is 1. The molecule has 146 valence electrons. The Hall–Kier alpha value is -4.04. The van der Waals surface area contributed by atoms with Crippen molar-refractivity contribution in [3.8, 4) is 23.3 Å². The maximum atomic E-state index is 12.9. The Labute approximate surface area is 174 Å². The van der Waals surface area contributed by atoms with Crippen LogP contribution >= 0.6 is 0 Å². The standard InChI is InChI=1S/C25H18N2O3/c28-25(21-11-12-23-24(16-21)30-17-29-23)27-14-13-22(26-27)20-8-4-7-19(15-20)10-9-18-5-2-1-3-6-18/h1-8,11-12,15-16H,13-14,17H2. The number of benzene rings is 3. The highest BCUT2D eigenvalue weighted by Gasteiger charge is 2.24. The van der Waals surface area contributed by atoms with E-state index in [1.54, 1.807) is 18.2 Å². The van der Waals surface area contributed by atoms with Gasteiger partial charge in [0.05, 0.1) is 12.3 Å². The third-order valence-corrected chi connectivity index (χ3v) is 4.98. The van der Waals surface area contributed by atoms with Gasteiger partial charge in [0, 0.05) is 23.1 Å². The number of nitrogens with zero attached hydrogens (tertiary/aromatic N) is 2. The molecule has 2 heterocycles. The fraction of sp³-hybridized carbons (Fsp3) is 0.120. The second-order valence-corrected chi connectivity index (χ2v) is 6.99. The first-order chi connectivity index (χ1) is 14.8. The van der Waals surface area contributed by atoms with Crippen molar-refractivity contribution in [1.82, 2.24) is 5.01 Å². The van der Waals surface area contributed by atoms with Gasteiger partial charge in [-0.05, 0) is 48.0 Å². The van der Waals surface area contributed by atoms with E-state index in [0.29, 0.717) is 30.0 Å². The van der Waals surface area contributed by atoms with Crippen LogP contribution in [0.25, 0.3) is 0 Å². The first-order valence-corrected chi connectivity index (χ1v) is 9.73. The second kappa shape index (κ2) is 7.76. The van der Waals surface area contributed by atoms with Crippen molar-refractivity contribution in [3.63, 3.8) is 0 Å². The van der Waals surface area contributed by atoms with Crippen molar-refractivity contribution in [2.24, 2.45) is 5.10 Å². The van der Waals surface area contributed by atoms with Crippen LogP contribution in [0.5, 0.6) is 11.5 Å². The lowest BCUT2D eigenvalue weighted by atomic mass is 10.0. The monoisotopic (exact) mass is 394 g/mol. The molecule has 0 atom stereocenters. The number of rotatable bonds is 2. The van der Waals surface area contributed by atoms with E-state index in [0.717, 1.165) is 22.4 Å². The number of amides is 1. The molecule has 30 heavy (non-hydrogen) atoms. The van der Waals surface area contributed by atoms with E-state index in [2.05, 4.69) is 16.9 Å². The lowest BCUT2D eigenvalue weighted by Crippen LogP contribution is -2.23. The third-order valence-electron chi connectivity index (χ3n) is 4.98. The van der Waals surface area contributed by atoms with Crippen molar-refractivity contribution >= 4 is 11.6 Å². The molecule has 0 unspecified atom stereocenters. The van der Waals surface area contributed by atoms with Gasteiger partial charge in [0.1, 0.15) is 0 Å². The summed E-state index contributed by atoms with van der Waals surface area (Å²) in [6.45, 7) is 0.727. The summed E-state index contributed by atoms with van der Waals surface area (Å²) in [5.41, 5.74) is 4.29. The van der Waals surface area contributed by atoms with E-state index >= 15 is 0 Å². The van der Waals surface area contributed by atoms with Crippen LogP contribution in [-0.2, 0) is 0 Å². The van der Waals surface area contributed by atoms with Crippen LogP contribution in [0.15, 0.2) is 77.9 Å². The van der Waals surface area contributed by atoms with Crippen LogP contribution in [-0.4, -0.2) is 30.0 Å². The average Bonchev–Trinajstić information content (AvgIpc) is 3.47. The molecule has 0 N–H and O–H groups in total. The lowest BCUT2D eigenvalue weighted by molar-refractivity contribution is 0.0778. The Balaban J connectivity index is 1.35. The third kappa shape index (κ3) is 3.63. The number of hydrogen-bond donors (Lipinski definition) is 0. The minimum absolute atomic E-state index is 0.150. The van der Waals surface area contributed by atoms with Gasteiger partial charge in [-0.2, -0.15) is 5.10 Å². The van der Waals surface area contributed by atoms with Crippen LogP contribution in [0.4, 0.5) is 0 Å². The molecular weight excluding hydrogens is 376 g/mol. The molecule has 5 nitrogen and oxygen atoms in total. The fourth-order valence-corrected chi connectivity index (χ4v) is 3.43. The Bertz CT molecular complexity index is 1210. The smallest absolute Gasteiger partial charge is 0.274 e. The van der Waals surface area contributed by atoms with Crippen molar-refractivity contribution in [1.29, 1.82) is 0 Å². The lowest BCUT2D eigenvalue weighted by Gasteiger charge is -2.11. The van der Waals surface area contributed by atoms with E-state index in [1.165, 1.54) is 5.01 Å². The van der Waals surface area contributed by atoms with Gasteiger partial charge in [0.2, 0.25) is 6.79 Å². The Morgan fingerprint density at radius 2 is 1.67 bits per heavy atom. The molecule has 1 amide bonds. The molecule has 5 heteroatoms. The number of carbonyl (C=O) groups excluding carboxylic acids is 1. The molecule has 0 saturated carbocycles. The Morgan fingerprint density at radius 3 is 2.57 bits per heavy atom. The van der Waals surface area contributed by atoms with E-state index in [-0.39, 0.29) is 12.7 Å². The van der Waals surface area contributed by atoms with Gasteiger partial charge in [-0.1, -0.05) is 42.2 Å². The molecular formula is C25H18N2O3. The maximum absolute atomic E-state index is 12.9. The first kappa shape index (κ1) is 18.0. The van der Waals surface area contributed by atoms with E-state index in [4.69, 9.17) is 9.47 Å². The molecule has 0 fully saturated rings. The maximum Gasteiger partial charge on any atom is 0.274 e. The number of fused-ring (bicyclic) bond motifs is 1. The molecule has 2 aliphatic rings. The van der Waals surface area contributed by atoms with Crippen molar-refractivity contribution < 1.29 is 14.3 Å². The summed E-state index contributed by atoms with van der Waals surface area (Å²) in [4.78, 5) is 12.9. The zero-order chi connectivity index (χ0) is 20.3. The molecule has 0 bridgehead atoms. The molecule has 5 rings (SSSR count). The molecule has 0 spiro atoms. The van der Waals surface area contributed by atoms with E-state index < -0.39 is 0 Å². The van der Waals surface area contributed by atoms with Crippen molar-refractivity contribution in [3.05, 3.63) is 95.1 Å². The van der Waals surface area contributed by atoms with Gasteiger partial charge >= 0.3 is 0 Å². The highest BCUT2D eigenvalue weighted by atomic mass is 16.7. The van der Waals surface area contributed by atoms with Crippen LogP contribution in [0.2, 0.25) is 0 Å². The molecule has 0 aliphatic carbocycles. The summed E-state index contributed by atoms with van der Waals surface area (Å²) in [6, 6.07) is 23.0. The summed E-state index contributed by atoms with van der Waals surface area (Å²) in [5.74, 6) is 7.47. The topological polar surface area (TPSA) is 51.1 Å². The normalized spacial score (nSPS) is 14.1. The first-order valence-electron chi connectivity index (χ1n) is 9.73. The second-order valence-electron chi connectivity index (χ2n) is 6.99. The quantitative estimate of drug-likeness (QED) is 0.616. The molecule has 0 radical (unpaired) electrons. The zero-order valence-corrected chi connectivity index (χ0v) is 16.2. The van der Waals surface area contributed by atoms with Gasteiger partial charge in [0.25, 0.3) is 5.91 Å². The van der Waals surface area contributed by atoms with Gasteiger partial charge < -0.3 is 9.47 Å². The summed E-state index contributed by atoms with van der Waals surface area (Å²) >= 11 is 0. The Morgan fingerprint density at radius 1 is 0.867 bits per heavy atom. The van der Waals surface area contributed by atoms with Gasteiger partial charge in [-0.3, -0.25) is 4.79 Å². The van der Waals surface area contributed by atoms with Crippen LogP contribution < -0.4 is 9.47 Å². The van der Waals surface area contributed by atoms with Gasteiger partial charge in [-0.25, -0.2) is 5.01 Å². The number of carbonyl (C=O) groups is 1. The van der Waals surface area contributed by atoms with Crippen LogP contribution in [0, 0.1) is 11.8 Å². The predicted molar refractivity (Wildman–Crippen MR) is 114 cm³/mol. The molecule has 0 aromatic heterocycles. The fourth-order valence-electron chi connectivity index (χ4n) is 3.43. The molecule has 2 aliphatic heterocycles. The zero-order valence-electron chi connectivity index (χ0n) is 16.2. The molecule has 3 aromatic carbocycles. The van der Waals surface area contributed by atoms with E-state index in [1.807, 2.05) is 54.6 Å². The van der Waals surface area contributed by atoms with Gasteiger partial charge in [-0.15, -0.1) is 0 Å².